The van der Waals surface area contributed by atoms with Crippen molar-refractivity contribution in [1.82, 2.24) is 5.32 Å². The van der Waals surface area contributed by atoms with Crippen molar-refractivity contribution in [3.63, 3.8) is 0 Å². The highest BCUT2D eigenvalue weighted by molar-refractivity contribution is 5.82. The number of carbonyl (C=O) groups is 1. The molecule has 3 N–H and O–H groups in total. The second-order valence-electron chi connectivity index (χ2n) is 4.72. The van der Waals surface area contributed by atoms with Gasteiger partial charge in [0.1, 0.15) is 6.04 Å². The van der Waals surface area contributed by atoms with Crippen molar-refractivity contribution < 1.29 is 4.79 Å². The Bertz CT molecular complexity index is 335. The van der Waals surface area contributed by atoms with E-state index < -0.39 is 6.04 Å². The summed E-state index contributed by atoms with van der Waals surface area (Å²) >= 11 is 0. The maximum atomic E-state index is 11.8. The fourth-order valence-corrected chi connectivity index (χ4v) is 1.64. The van der Waals surface area contributed by atoms with Crippen molar-refractivity contribution in [2.45, 2.75) is 32.7 Å². The third kappa shape index (κ3) is 5.00. The van der Waals surface area contributed by atoms with Crippen molar-refractivity contribution >= 4 is 5.91 Å². The second kappa shape index (κ2) is 7.07. The highest BCUT2D eigenvalue weighted by Crippen LogP contribution is 2.09. The monoisotopic (exact) mass is 234 g/mol. The topological polar surface area (TPSA) is 55.1 Å². The lowest BCUT2D eigenvalue weighted by Gasteiger charge is -2.12. The molecule has 0 aliphatic rings. The van der Waals surface area contributed by atoms with E-state index in [4.69, 9.17) is 5.73 Å². The molecular formula is C14H22N2O. The molecule has 1 rings (SSSR count). The van der Waals surface area contributed by atoms with Crippen LogP contribution in [0.3, 0.4) is 0 Å². The smallest absolute Gasteiger partial charge is 0.241 e. The summed E-state index contributed by atoms with van der Waals surface area (Å²) in [6.07, 6.45) is 2.13. The molecule has 17 heavy (non-hydrogen) atoms. The molecule has 0 aliphatic heterocycles. The van der Waals surface area contributed by atoms with Crippen LogP contribution in [-0.2, 0) is 4.79 Å². The number of nitrogens with two attached hydrogens (primary N) is 1. The van der Waals surface area contributed by atoms with Crippen LogP contribution in [0.15, 0.2) is 30.3 Å². The number of hydrogen-bond acceptors (Lipinski definition) is 2. The number of hydrogen-bond donors (Lipinski definition) is 2. The van der Waals surface area contributed by atoms with Crippen molar-refractivity contribution in [3.05, 3.63) is 35.9 Å². The lowest BCUT2D eigenvalue weighted by molar-refractivity contribution is -0.122. The molecule has 1 atom stereocenters. The molecule has 0 fully saturated rings. The van der Waals surface area contributed by atoms with Gasteiger partial charge in [-0.1, -0.05) is 44.2 Å². The van der Waals surface area contributed by atoms with Crippen LogP contribution in [0.4, 0.5) is 0 Å². The zero-order chi connectivity index (χ0) is 12.7. The van der Waals surface area contributed by atoms with E-state index in [0.29, 0.717) is 12.5 Å². The quantitative estimate of drug-likeness (QED) is 0.742. The average molecular weight is 234 g/mol. The molecule has 1 aromatic carbocycles. The molecule has 1 aromatic rings. The van der Waals surface area contributed by atoms with Gasteiger partial charge in [-0.05, 0) is 24.3 Å². The minimum Gasteiger partial charge on any atom is -0.354 e. The first-order chi connectivity index (χ1) is 8.11. The first-order valence-electron chi connectivity index (χ1n) is 6.19. The van der Waals surface area contributed by atoms with Gasteiger partial charge in [0.05, 0.1) is 0 Å². The zero-order valence-corrected chi connectivity index (χ0v) is 10.6. The summed E-state index contributed by atoms with van der Waals surface area (Å²) in [5, 5.41) is 2.87. The molecule has 0 spiro atoms. The van der Waals surface area contributed by atoms with Gasteiger partial charge in [0.2, 0.25) is 5.91 Å². The predicted octanol–water partition coefficient (Wildman–Crippen LogP) is 2.24. The summed E-state index contributed by atoms with van der Waals surface area (Å²) in [4.78, 5) is 11.8. The Morgan fingerprint density at radius 2 is 1.94 bits per heavy atom. The number of nitrogens with one attached hydrogen (secondary N) is 1. The summed E-state index contributed by atoms with van der Waals surface area (Å²) in [5.41, 5.74) is 6.72. The summed E-state index contributed by atoms with van der Waals surface area (Å²) in [6.45, 7) is 5.06. The first kappa shape index (κ1) is 13.7. The molecular weight excluding hydrogens is 212 g/mol. The van der Waals surface area contributed by atoms with E-state index in [1.54, 1.807) is 0 Å². The SMILES string of the molecule is CC(C)CCCNC(=O)[C@H](N)c1ccccc1. The fourth-order valence-electron chi connectivity index (χ4n) is 1.64. The molecule has 3 nitrogen and oxygen atoms in total. The van der Waals surface area contributed by atoms with Crippen molar-refractivity contribution in [2.24, 2.45) is 11.7 Å². The third-order valence-corrected chi connectivity index (χ3v) is 2.70. The number of rotatable bonds is 6. The Balaban J connectivity index is 2.33. The summed E-state index contributed by atoms with van der Waals surface area (Å²) in [7, 11) is 0. The van der Waals surface area contributed by atoms with Gasteiger partial charge in [0.15, 0.2) is 0 Å². The van der Waals surface area contributed by atoms with E-state index >= 15 is 0 Å². The van der Waals surface area contributed by atoms with Gasteiger partial charge in [-0.15, -0.1) is 0 Å². The van der Waals surface area contributed by atoms with Gasteiger partial charge in [0.25, 0.3) is 0 Å². The van der Waals surface area contributed by atoms with Gasteiger partial charge in [-0.3, -0.25) is 4.79 Å². The summed E-state index contributed by atoms with van der Waals surface area (Å²) in [6, 6.07) is 8.88. The molecule has 0 heterocycles. The Morgan fingerprint density at radius 1 is 1.29 bits per heavy atom. The standard InChI is InChI=1S/C14H22N2O/c1-11(2)7-6-10-16-14(17)13(15)12-8-4-3-5-9-12/h3-5,8-9,11,13H,6-7,10,15H2,1-2H3,(H,16,17)/t13-/m1/s1. The van der Waals surface area contributed by atoms with Crippen LogP contribution < -0.4 is 11.1 Å². The van der Waals surface area contributed by atoms with Crippen LogP contribution in [-0.4, -0.2) is 12.5 Å². The van der Waals surface area contributed by atoms with Crippen molar-refractivity contribution in [3.8, 4) is 0 Å². The van der Waals surface area contributed by atoms with E-state index in [9.17, 15) is 4.79 Å². The molecule has 0 radical (unpaired) electrons. The molecule has 0 aliphatic carbocycles. The van der Waals surface area contributed by atoms with Gasteiger partial charge in [-0.2, -0.15) is 0 Å². The molecule has 0 bridgehead atoms. The molecule has 0 saturated carbocycles. The Kier molecular flexibility index (Phi) is 5.70. The second-order valence-corrected chi connectivity index (χ2v) is 4.72. The maximum Gasteiger partial charge on any atom is 0.241 e. The van der Waals surface area contributed by atoms with E-state index in [0.717, 1.165) is 18.4 Å². The number of benzene rings is 1. The van der Waals surface area contributed by atoms with Crippen LogP contribution in [0, 0.1) is 5.92 Å². The lowest BCUT2D eigenvalue weighted by Crippen LogP contribution is -2.34. The van der Waals surface area contributed by atoms with Crippen molar-refractivity contribution in [2.75, 3.05) is 6.54 Å². The predicted molar refractivity (Wildman–Crippen MR) is 70.5 cm³/mol. The van der Waals surface area contributed by atoms with Crippen LogP contribution in [0.1, 0.15) is 38.3 Å². The number of carbonyl (C=O) groups excluding carboxylic acids is 1. The van der Waals surface area contributed by atoms with Crippen LogP contribution >= 0.6 is 0 Å². The van der Waals surface area contributed by atoms with Gasteiger partial charge >= 0.3 is 0 Å². The number of amides is 1. The Labute approximate surface area is 103 Å². The Morgan fingerprint density at radius 3 is 2.53 bits per heavy atom. The Hall–Kier alpha value is -1.35. The van der Waals surface area contributed by atoms with Crippen LogP contribution in [0.5, 0.6) is 0 Å². The van der Waals surface area contributed by atoms with E-state index in [1.807, 2.05) is 30.3 Å². The maximum absolute atomic E-state index is 11.8. The van der Waals surface area contributed by atoms with E-state index in [1.165, 1.54) is 0 Å². The van der Waals surface area contributed by atoms with E-state index in [-0.39, 0.29) is 5.91 Å². The largest absolute Gasteiger partial charge is 0.354 e. The van der Waals surface area contributed by atoms with Crippen molar-refractivity contribution in [1.29, 1.82) is 0 Å². The molecule has 0 unspecified atom stereocenters. The highest BCUT2D eigenvalue weighted by atomic mass is 16.2. The lowest BCUT2D eigenvalue weighted by atomic mass is 10.1. The van der Waals surface area contributed by atoms with Crippen LogP contribution in [0.25, 0.3) is 0 Å². The molecule has 0 aromatic heterocycles. The zero-order valence-electron chi connectivity index (χ0n) is 10.6. The first-order valence-corrected chi connectivity index (χ1v) is 6.19. The van der Waals surface area contributed by atoms with Gasteiger partial charge in [0, 0.05) is 6.54 Å². The highest BCUT2D eigenvalue weighted by Gasteiger charge is 2.14. The molecule has 94 valence electrons. The summed E-state index contributed by atoms with van der Waals surface area (Å²) in [5.74, 6) is 0.578. The normalized spacial score (nSPS) is 12.5. The summed E-state index contributed by atoms with van der Waals surface area (Å²) < 4.78 is 0. The van der Waals surface area contributed by atoms with Crippen LogP contribution in [0.2, 0.25) is 0 Å². The average Bonchev–Trinajstić information content (AvgIpc) is 2.34. The van der Waals surface area contributed by atoms with Gasteiger partial charge < -0.3 is 11.1 Å². The molecule has 0 saturated heterocycles. The van der Waals surface area contributed by atoms with E-state index in [2.05, 4.69) is 19.2 Å². The molecule has 1 amide bonds. The van der Waals surface area contributed by atoms with Gasteiger partial charge in [-0.25, -0.2) is 0 Å². The minimum absolute atomic E-state index is 0.0973. The third-order valence-electron chi connectivity index (χ3n) is 2.70. The minimum atomic E-state index is -0.560. The molecule has 3 heteroatoms. The fraction of sp³-hybridized carbons (Fsp3) is 0.500.